The minimum atomic E-state index is -3.85. The van der Waals surface area contributed by atoms with E-state index in [0.29, 0.717) is 0 Å². The van der Waals surface area contributed by atoms with Crippen molar-refractivity contribution in [1.82, 2.24) is 4.31 Å². The summed E-state index contributed by atoms with van der Waals surface area (Å²) < 4.78 is 25.3. The average Bonchev–Trinajstić information content (AvgIpc) is 2.33. The first kappa shape index (κ1) is 12.4. The van der Waals surface area contributed by atoms with E-state index in [4.69, 9.17) is 5.73 Å². The Morgan fingerprint density at radius 3 is 2.56 bits per heavy atom. The number of rotatable bonds is 2. The molecule has 1 aromatic rings. The van der Waals surface area contributed by atoms with Crippen molar-refractivity contribution >= 4 is 21.7 Å². The van der Waals surface area contributed by atoms with Crippen LogP contribution < -0.4 is 5.73 Å². The Morgan fingerprint density at radius 1 is 1.39 bits per heavy atom. The standard InChI is InChI=1S/C11H12N2O4S/c1-2-13-9(11(12)15)10(14)7-5-3-4-6-8(7)18(13,16)17/h3-6,14H,2H2,1H3,(H2,12,15). The van der Waals surface area contributed by atoms with Crippen molar-refractivity contribution < 1.29 is 18.3 Å². The van der Waals surface area contributed by atoms with Crippen LogP contribution in [0.3, 0.4) is 0 Å². The number of fused-ring (bicyclic) bond motifs is 1. The van der Waals surface area contributed by atoms with E-state index in [0.717, 1.165) is 4.31 Å². The fraction of sp³-hybridized carbons (Fsp3) is 0.182. The molecule has 7 heteroatoms. The van der Waals surface area contributed by atoms with Crippen LogP contribution in [-0.2, 0) is 14.8 Å². The predicted molar refractivity (Wildman–Crippen MR) is 64.8 cm³/mol. The van der Waals surface area contributed by atoms with Crippen LogP contribution >= 0.6 is 0 Å². The van der Waals surface area contributed by atoms with E-state index in [2.05, 4.69) is 0 Å². The van der Waals surface area contributed by atoms with Gasteiger partial charge in [0.1, 0.15) is 0 Å². The Hall–Kier alpha value is -2.02. The van der Waals surface area contributed by atoms with Gasteiger partial charge in [-0.15, -0.1) is 0 Å². The van der Waals surface area contributed by atoms with Gasteiger partial charge in [-0.1, -0.05) is 12.1 Å². The molecule has 0 radical (unpaired) electrons. The third-order valence-corrected chi connectivity index (χ3v) is 4.64. The zero-order chi connectivity index (χ0) is 13.5. The molecule has 6 nitrogen and oxygen atoms in total. The highest BCUT2D eigenvalue weighted by molar-refractivity contribution is 7.89. The van der Waals surface area contributed by atoms with E-state index < -0.39 is 27.4 Å². The summed E-state index contributed by atoms with van der Waals surface area (Å²) in [6.07, 6.45) is 0. The number of hydrogen-bond acceptors (Lipinski definition) is 4. The van der Waals surface area contributed by atoms with Gasteiger partial charge in [-0.05, 0) is 19.1 Å². The third kappa shape index (κ3) is 1.55. The number of aliphatic hydroxyl groups excluding tert-OH is 1. The summed E-state index contributed by atoms with van der Waals surface area (Å²) in [5.41, 5.74) is 4.84. The lowest BCUT2D eigenvalue weighted by atomic mass is 10.1. The number of benzene rings is 1. The Bertz CT molecular complexity index is 649. The van der Waals surface area contributed by atoms with E-state index in [-0.39, 0.29) is 17.0 Å². The largest absolute Gasteiger partial charge is 0.505 e. The van der Waals surface area contributed by atoms with Gasteiger partial charge in [0, 0.05) is 12.1 Å². The second-order valence-corrected chi connectivity index (χ2v) is 5.56. The molecule has 2 rings (SSSR count). The quantitative estimate of drug-likeness (QED) is 0.811. The van der Waals surface area contributed by atoms with Gasteiger partial charge in [-0.25, -0.2) is 8.42 Å². The predicted octanol–water partition coefficient (Wildman–Crippen LogP) is 0.423. The average molecular weight is 268 g/mol. The molecule has 0 unspecified atom stereocenters. The van der Waals surface area contributed by atoms with Gasteiger partial charge in [-0.3, -0.25) is 9.10 Å². The second-order valence-electron chi connectivity index (χ2n) is 3.73. The summed E-state index contributed by atoms with van der Waals surface area (Å²) in [5, 5.41) is 10.00. The molecule has 1 aliphatic heterocycles. The Labute approximate surface area is 104 Å². The van der Waals surface area contributed by atoms with Crippen molar-refractivity contribution in [2.45, 2.75) is 11.8 Å². The van der Waals surface area contributed by atoms with Crippen molar-refractivity contribution in [2.75, 3.05) is 6.54 Å². The van der Waals surface area contributed by atoms with Gasteiger partial charge in [0.05, 0.1) is 4.90 Å². The van der Waals surface area contributed by atoms with Crippen LogP contribution in [0.1, 0.15) is 12.5 Å². The molecule has 1 aliphatic rings. The summed E-state index contributed by atoms with van der Waals surface area (Å²) in [4.78, 5) is 11.3. The normalized spacial score (nSPS) is 17.5. The maximum absolute atomic E-state index is 12.3. The fourth-order valence-electron chi connectivity index (χ4n) is 1.94. The van der Waals surface area contributed by atoms with Gasteiger partial charge >= 0.3 is 0 Å². The second kappa shape index (κ2) is 4.02. The summed E-state index contributed by atoms with van der Waals surface area (Å²) in [6.45, 7) is 1.57. The van der Waals surface area contributed by atoms with Gasteiger partial charge in [0.2, 0.25) is 0 Å². The van der Waals surface area contributed by atoms with Crippen LogP contribution in [0.4, 0.5) is 0 Å². The summed E-state index contributed by atoms with van der Waals surface area (Å²) >= 11 is 0. The van der Waals surface area contributed by atoms with Gasteiger partial charge in [-0.2, -0.15) is 0 Å². The first-order valence-electron chi connectivity index (χ1n) is 5.26. The van der Waals surface area contributed by atoms with E-state index in [1.165, 1.54) is 12.1 Å². The van der Waals surface area contributed by atoms with E-state index in [9.17, 15) is 18.3 Å². The number of amides is 1. The lowest BCUT2D eigenvalue weighted by Crippen LogP contribution is -2.40. The summed E-state index contributed by atoms with van der Waals surface area (Å²) in [7, 11) is -3.85. The van der Waals surface area contributed by atoms with Gasteiger partial charge < -0.3 is 10.8 Å². The molecule has 0 aromatic heterocycles. The van der Waals surface area contributed by atoms with Crippen LogP contribution in [0, 0.1) is 0 Å². The molecule has 1 aromatic carbocycles. The molecule has 0 fully saturated rings. The Morgan fingerprint density at radius 2 is 2.00 bits per heavy atom. The number of nitrogens with zero attached hydrogens (tertiary/aromatic N) is 1. The molecule has 0 bridgehead atoms. The zero-order valence-corrected chi connectivity index (χ0v) is 10.4. The van der Waals surface area contributed by atoms with Crippen molar-refractivity contribution in [2.24, 2.45) is 5.73 Å². The number of carbonyl (C=O) groups is 1. The maximum atomic E-state index is 12.3. The molecule has 18 heavy (non-hydrogen) atoms. The topological polar surface area (TPSA) is 101 Å². The van der Waals surface area contributed by atoms with E-state index in [1.807, 2.05) is 0 Å². The van der Waals surface area contributed by atoms with Crippen LogP contribution in [0.25, 0.3) is 5.76 Å². The van der Waals surface area contributed by atoms with Crippen molar-refractivity contribution in [3.63, 3.8) is 0 Å². The number of nitrogens with two attached hydrogens (primary N) is 1. The molecular weight excluding hydrogens is 256 g/mol. The molecule has 1 amide bonds. The van der Waals surface area contributed by atoms with Crippen LogP contribution in [-0.4, -0.2) is 30.3 Å². The van der Waals surface area contributed by atoms with Crippen LogP contribution in [0.2, 0.25) is 0 Å². The molecule has 1 heterocycles. The lowest BCUT2D eigenvalue weighted by molar-refractivity contribution is -0.115. The molecule has 0 saturated heterocycles. The minimum absolute atomic E-state index is 0.0129. The molecule has 3 N–H and O–H groups in total. The number of aliphatic hydroxyl groups is 1. The minimum Gasteiger partial charge on any atom is -0.505 e. The monoisotopic (exact) mass is 268 g/mol. The highest BCUT2D eigenvalue weighted by atomic mass is 32.2. The zero-order valence-electron chi connectivity index (χ0n) is 9.62. The first-order chi connectivity index (χ1) is 8.41. The number of sulfonamides is 1. The SMILES string of the molecule is CCN1C(C(N)=O)=C(O)c2ccccc2S1(=O)=O. The molecule has 96 valence electrons. The lowest BCUT2D eigenvalue weighted by Gasteiger charge is -2.29. The van der Waals surface area contributed by atoms with Gasteiger partial charge in [0.25, 0.3) is 15.9 Å². The van der Waals surface area contributed by atoms with Crippen LogP contribution in [0.15, 0.2) is 34.9 Å². The molecule has 0 saturated carbocycles. The number of carbonyl (C=O) groups excluding carboxylic acids is 1. The first-order valence-corrected chi connectivity index (χ1v) is 6.70. The molecule has 0 atom stereocenters. The third-order valence-electron chi connectivity index (χ3n) is 2.70. The molecule has 0 spiro atoms. The Balaban J connectivity index is 2.86. The summed E-state index contributed by atoms with van der Waals surface area (Å²) in [5.74, 6) is -1.39. The number of hydrogen-bond donors (Lipinski definition) is 2. The molecule has 0 aliphatic carbocycles. The summed E-state index contributed by atoms with van der Waals surface area (Å²) in [6, 6.07) is 5.93. The van der Waals surface area contributed by atoms with E-state index >= 15 is 0 Å². The van der Waals surface area contributed by atoms with E-state index in [1.54, 1.807) is 19.1 Å². The smallest absolute Gasteiger partial charge is 0.269 e. The van der Waals surface area contributed by atoms with Crippen molar-refractivity contribution in [1.29, 1.82) is 0 Å². The Kier molecular flexibility index (Phi) is 2.78. The molecular formula is C11H12N2O4S. The number of likely N-dealkylation sites (N-methyl/N-ethyl adjacent to an activating group) is 1. The van der Waals surface area contributed by atoms with Crippen molar-refractivity contribution in [3.8, 4) is 0 Å². The maximum Gasteiger partial charge on any atom is 0.269 e. The van der Waals surface area contributed by atoms with Gasteiger partial charge in [0.15, 0.2) is 11.5 Å². The highest BCUT2D eigenvalue weighted by Crippen LogP contribution is 2.34. The highest BCUT2D eigenvalue weighted by Gasteiger charge is 2.38. The van der Waals surface area contributed by atoms with Crippen molar-refractivity contribution in [3.05, 3.63) is 35.5 Å². The van der Waals surface area contributed by atoms with Crippen LogP contribution in [0.5, 0.6) is 0 Å². The fourth-order valence-corrected chi connectivity index (χ4v) is 3.63. The number of primary amides is 1.